The maximum atomic E-state index is 13.4. The first-order valence-corrected chi connectivity index (χ1v) is 6.85. The van der Waals surface area contributed by atoms with Crippen LogP contribution in [0.15, 0.2) is 18.2 Å². The Morgan fingerprint density at radius 1 is 1.25 bits per heavy atom. The summed E-state index contributed by atoms with van der Waals surface area (Å²) < 4.78 is 32.1. The van der Waals surface area contributed by atoms with E-state index in [-0.39, 0.29) is 30.0 Å². The highest BCUT2D eigenvalue weighted by Crippen LogP contribution is 2.26. The molecular weight excluding hydrogens is 264 g/mol. The van der Waals surface area contributed by atoms with Crippen LogP contribution in [0, 0.1) is 17.6 Å². The number of ether oxygens (including phenoxy) is 1. The van der Waals surface area contributed by atoms with E-state index < -0.39 is 11.6 Å². The van der Waals surface area contributed by atoms with Crippen LogP contribution in [0.2, 0.25) is 0 Å². The Kier molecular flexibility index (Phi) is 5.06. The molecule has 0 saturated heterocycles. The first-order valence-electron chi connectivity index (χ1n) is 6.85. The van der Waals surface area contributed by atoms with Crippen LogP contribution in [0.4, 0.5) is 8.78 Å². The third kappa shape index (κ3) is 3.54. The van der Waals surface area contributed by atoms with E-state index in [2.05, 4.69) is 5.32 Å². The zero-order chi connectivity index (χ0) is 14.5. The Morgan fingerprint density at radius 2 is 1.85 bits per heavy atom. The molecule has 0 spiro atoms. The Hall–Kier alpha value is -1.49. The summed E-state index contributed by atoms with van der Waals surface area (Å²) in [5.74, 6) is -1.49. The third-order valence-electron chi connectivity index (χ3n) is 3.88. The monoisotopic (exact) mass is 283 g/mol. The maximum Gasteiger partial charge on any atom is 0.223 e. The number of benzene rings is 1. The summed E-state index contributed by atoms with van der Waals surface area (Å²) in [5.41, 5.74) is -0.0913. The molecule has 1 N–H and O–H groups in total. The minimum absolute atomic E-state index is 0.0868. The lowest BCUT2D eigenvalue weighted by molar-refractivity contribution is -0.126. The van der Waals surface area contributed by atoms with Gasteiger partial charge < -0.3 is 10.1 Å². The smallest absolute Gasteiger partial charge is 0.223 e. The fourth-order valence-electron chi connectivity index (χ4n) is 2.58. The molecule has 1 aliphatic rings. The fourth-order valence-corrected chi connectivity index (χ4v) is 2.58. The molecule has 3 nitrogen and oxygen atoms in total. The van der Waals surface area contributed by atoms with Crippen molar-refractivity contribution in [3.05, 3.63) is 35.4 Å². The molecule has 110 valence electrons. The zero-order valence-electron chi connectivity index (χ0n) is 11.5. The predicted molar refractivity (Wildman–Crippen MR) is 71.0 cm³/mol. The van der Waals surface area contributed by atoms with Crippen LogP contribution < -0.4 is 5.32 Å². The van der Waals surface area contributed by atoms with Crippen LogP contribution in [0.1, 0.15) is 31.2 Å². The van der Waals surface area contributed by atoms with E-state index in [1.165, 1.54) is 18.2 Å². The van der Waals surface area contributed by atoms with Crippen molar-refractivity contribution in [2.75, 3.05) is 7.11 Å². The van der Waals surface area contributed by atoms with E-state index in [4.69, 9.17) is 4.74 Å². The second kappa shape index (κ2) is 6.79. The molecule has 20 heavy (non-hydrogen) atoms. The molecule has 1 aliphatic carbocycles. The van der Waals surface area contributed by atoms with E-state index in [1.54, 1.807) is 7.11 Å². The van der Waals surface area contributed by atoms with Crippen molar-refractivity contribution >= 4 is 5.91 Å². The third-order valence-corrected chi connectivity index (χ3v) is 3.88. The van der Waals surface area contributed by atoms with Gasteiger partial charge in [-0.1, -0.05) is 6.07 Å². The second-order valence-electron chi connectivity index (χ2n) is 5.13. The van der Waals surface area contributed by atoms with Gasteiger partial charge in [0.15, 0.2) is 0 Å². The van der Waals surface area contributed by atoms with E-state index in [0.717, 1.165) is 25.7 Å². The maximum absolute atomic E-state index is 13.4. The van der Waals surface area contributed by atoms with Crippen molar-refractivity contribution in [2.45, 2.75) is 38.3 Å². The lowest BCUT2D eigenvalue weighted by Crippen LogP contribution is -2.34. The minimum atomic E-state index is -0.631. The van der Waals surface area contributed by atoms with Crippen LogP contribution in [0.3, 0.4) is 0 Å². The van der Waals surface area contributed by atoms with E-state index in [9.17, 15) is 13.6 Å². The largest absolute Gasteiger partial charge is 0.381 e. The first kappa shape index (κ1) is 14.9. The van der Waals surface area contributed by atoms with E-state index in [1.807, 2.05) is 0 Å². The van der Waals surface area contributed by atoms with E-state index >= 15 is 0 Å². The molecule has 0 atom stereocenters. The lowest BCUT2D eigenvalue weighted by Gasteiger charge is -2.26. The highest BCUT2D eigenvalue weighted by molar-refractivity contribution is 5.78. The Morgan fingerprint density at radius 3 is 2.40 bits per heavy atom. The number of halogens is 2. The Labute approximate surface area is 117 Å². The van der Waals surface area contributed by atoms with Gasteiger partial charge in [0, 0.05) is 25.1 Å². The Bertz CT molecular complexity index is 451. The highest BCUT2D eigenvalue weighted by atomic mass is 19.1. The summed E-state index contributed by atoms with van der Waals surface area (Å²) in [5, 5.41) is 2.62. The standard InChI is InChI=1S/C15H19F2NO2/c1-20-11-7-5-10(6-8-11)15(19)18-9-12-13(16)3-2-4-14(12)17/h2-4,10-11H,5-9H2,1H3,(H,18,19). The molecule has 5 heteroatoms. The van der Waals surface area contributed by atoms with Crippen molar-refractivity contribution < 1.29 is 18.3 Å². The molecule has 2 rings (SSSR count). The number of carbonyl (C=O) groups excluding carboxylic acids is 1. The quantitative estimate of drug-likeness (QED) is 0.922. The van der Waals surface area contributed by atoms with Crippen LogP contribution in [-0.2, 0) is 16.1 Å². The summed E-state index contributed by atoms with van der Waals surface area (Å²) in [4.78, 5) is 12.0. The SMILES string of the molecule is COC1CCC(C(=O)NCc2c(F)cccc2F)CC1. The molecule has 1 aromatic carbocycles. The van der Waals surface area contributed by atoms with Crippen molar-refractivity contribution in [2.24, 2.45) is 5.92 Å². The van der Waals surface area contributed by atoms with Crippen molar-refractivity contribution in [3.63, 3.8) is 0 Å². The Balaban J connectivity index is 1.87. The summed E-state index contributed by atoms with van der Waals surface area (Å²) in [6, 6.07) is 3.69. The van der Waals surface area contributed by atoms with Crippen LogP contribution in [0.5, 0.6) is 0 Å². The molecule has 0 heterocycles. The molecular formula is C15H19F2NO2. The van der Waals surface area contributed by atoms with Gasteiger partial charge in [-0.2, -0.15) is 0 Å². The molecule has 0 aliphatic heterocycles. The van der Waals surface area contributed by atoms with Crippen LogP contribution in [-0.4, -0.2) is 19.1 Å². The first-order chi connectivity index (χ1) is 9.61. The van der Waals surface area contributed by atoms with Crippen molar-refractivity contribution in [3.8, 4) is 0 Å². The molecule has 1 saturated carbocycles. The summed E-state index contributed by atoms with van der Waals surface area (Å²) >= 11 is 0. The molecule has 1 amide bonds. The summed E-state index contributed by atoms with van der Waals surface area (Å²) in [7, 11) is 1.67. The van der Waals surface area contributed by atoms with Gasteiger partial charge in [0.25, 0.3) is 0 Å². The molecule has 1 aromatic rings. The average molecular weight is 283 g/mol. The topological polar surface area (TPSA) is 38.3 Å². The molecule has 1 fully saturated rings. The number of amides is 1. The van der Waals surface area contributed by atoms with Crippen LogP contribution >= 0.6 is 0 Å². The average Bonchev–Trinajstić information content (AvgIpc) is 2.46. The second-order valence-corrected chi connectivity index (χ2v) is 5.13. The number of methoxy groups -OCH3 is 1. The van der Waals surface area contributed by atoms with Crippen molar-refractivity contribution in [1.29, 1.82) is 0 Å². The molecule has 0 radical (unpaired) electrons. The number of carbonyl (C=O) groups is 1. The van der Waals surface area contributed by atoms with Gasteiger partial charge in [0.2, 0.25) is 5.91 Å². The van der Waals surface area contributed by atoms with Gasteiger partial charge in [0.05, 0.1) is 6.10 Å². The number of hydrogen-bond acceptors (Lipinski definition) is 2. The summed E-state index contributed by atoms with van der Waals surface area (Å²) in [6.45, 7) is -0.110. The van der Waals surface area contributed by atoms with E-state index in [0.29, 0.717) is 0 Å². The van der Waals surface area contributed by atoms with Gasteiger partial charge in [-0.15, -0.1) is 0 Å². The van der Waals surface area contributed by atoms with Gasteiger partial charge in [0.1, 0.15) is 11.6 Å². The van der Waals surface area contributed by atoms with Gasteiger partial charge in [-0.25, -0.2) is 8.78 Å². The molecule has 0 aromatic heterocycles. The van der Waals surface area contributed by atoms with Crippen molar-refractivity contribution in [1.82, 2.24) is 5.32 Å². The van der Waals surface area contributed by atoms with Gasteiger partial charge in [-0.05, 0) is 37.8 Å². The number of hydrogen-bond donors (Lipinski definition) is 1. The number of nitrogens with one attached hydrogen (secondary N) is 1. The molecule has 0 bridgehead atoms. The number of rotatable bonds is 4. The highest BCUT2D eigenvalue weighted by Gasteiger charge is 2.26. The van der Waals surface area contributed by atoms with Crippen LogP contribution in [0.25, 0.3) is 0 Å². The predicted octanol–water partition coefficient (Wildman–Crippen LogP) is 2.79. The fraction of sp³-hybridized carbons (Fsp3) is 0.533. The summed E-state index contributed by atoms with van der Waals surface area (Å²) in [6.07, 6.45) is 3.43. The molecule has 0 unspecified atom stereocenters. The zero-order valence-corrected chi connectivity index (χ0v) is 11.5. The van der Waals surface area contributed by atoms with Gasteiger partial charge in [-0.3, -0.25) is 4.79 Å². The lowest BCUT2D eigenvalue weighted by atomic mass is 9.87. The van der Waals surface area contributed by atoms with Gasteiger partial charge >= 0.3 is 0 Å². The normalized spacial score (nSPS) is 22.6. The minimum Gasteiger partial charge on any atom is -0.381 e.